The fraction of sp³-hybridized carbons (Fsp3) is 0. The third-order valence-corrected chi connectivity index (χ3v) is 9.54. The zero-order chi connectivity index (χ0) is 56.6. The van der Waals surface area contributed by atoms with E-state index in [1.807, 2.05) is 0 Å². The van der Waals surface area contributed by atoms with Crippen LogP contribution in [0.2, 0.25) is 0 Å². The van der Waals surface area contributed by atoms with Gasteiger partial charge in [0.2, 0.25) is 0 Å². The summed E-state index contributed by atoms with van der Waals surface area (Å²) in [6.45, 7) is 0. The van der Waals surface area contributed by atoms with E-state index in [4.69, 9.17) is 42.1 Å². The van der Waals surface area contributed by atoms with Crippen LogP contribution in [0.1, 0.15) is 37.0 Å². The molecule has 0 aliphatic rings. The van der Waals surface area contributed by atoms with E-state index in [1.165, 1.54) is 0 Å². The Morgan fingerprint density at radius 1 is 0.250 bits per heavy atom. The summed E-state index contributed by atoms with van der Waals surface area (Å²) in [7, 11) is 0. The summed E-state index contributed by atoms with van der Waals surface area (Å²) in [4.78, 5) is 24.7. The number of nitriles is 14. The molecule has 3 heterocycles. The Hall–Kier alpha value is -13.2. The lowest BCUT2D eigenvalue weighted by atomic mass is 10.0. The second-order valence-electron chi connectivity index (χ2n) is 13.3. The minimum atomic E-state index is -2.23. The van der Waals surface area contributed by atoms with Crippen LogP contribution in [0.15, 0.2) is 0 Å². The SMILES string of the molecule is N#CC(C#N)=c1c(F)c(F)c(=C(C#N)C#N)c(F)c1F.N#CC(C#N)=c1c(F)c(F)c2c(F)c(=C(C#N)C#N)c(F)c(F)c2c1F.N#Cc1nc2c3nc(C#N)c(C#N)nc3c3nc(C#N)c(C#N)nc3c2nc1C#N.[2HH].[HH]. The van der Waals surface area contributed by atoms with Crippen LogP contribution in [-0.4, -0.2) is 29.9 Å². The highest BCUT2D eigenvalue weighted by atomic mass is 19.2. The lowest BCUT2D eigenvalue weighted by Crippen LogP contribution is -2.31. The van der Waals surface area contributed by atoms with Gasteiger partial charge in [-0.2, -0.15) is 73.7 Å². The summed E-state index contributed by atoms with van der Waals surface area (Å²) in [6, 6.07) is 19.0. The van der Waals surface area contributed by atoms with E-state index in [1.54, 1.807) is 36.4 Å². The summed E-state index contributed by atoms with van der Waals surface area (Å²) >= 11 is 0. The van der Waals surface area contributed by atoms with Gasteiger partial charge in [0.25, 0.3) is 0 Å². The van der Waals surface area contributed by atoms with E-state index in [0.29, 0.717) is 0 Å². The number of rotatable bonds is 0. The fourth-order valence-corrected chi connectivity index (χ4v) is 6.33. The van der Waals surface area contributed by atoms with Gasteiger partial charge < -0.3 is 0 Å². The van der Waals surface area contributed by atoms with Gasteiger partial charge in [-0.15, -0.1) is 0 Å². The normalized spacial score (nSPS) is 9.53. The molecule has 0 unspecified atom stereocenters. The Bertz CT molecular complexity index is 4220. The molecule has 30 heteroatoms. The van der Waals surface area contributed by atoms with Gasteiger partial charge >= 0.3 is 0 Å². The van der Waals surface area contributed by atoms with E-state index in [-0.39, 0.29) is 70.1 Å². The third kappa shape index (κ3) is 8.62. The molecule has 4 aromatic carbocycles. The van der Waals surface area contributed by atoms with Crippen molar-refractivity contribution in [1.29, 1.82) is 73.7 Å². The van der Waals surface area contributed by atoms with Crippen molar-refractivity contribution in [3.63, 3.8) is 0 Å². The van der Waals surface area contributed by atoms with Crippen LogP contribution in [-0.2, 0) is 0 Å². The molecule has 0 radical (unpaired) electrons. The second kappa shape index (κ2) is 21.6. The Morgan fingerprint density at radius 3 is 0.539 bits per heavy atom. The summed E-state index contributed by atoms with van der Waals surface area (Å²) in [5, 5.41) is 115. The van der Waals surface area contributed by atoms with Crippen LogP contribution in [0, 0.1) is 217 Å². The van der Waals surface area contributed by atoms with Crippen molar-refractivity contribution in [3.05, 3.63) is 113 Å². The molecule has 0 atom stereocenters. The molecule has 0 fully saturated rings. The first-order chi connectivity index (χ1) is 36.3. The van der Waals surface area contributed by atoms with Crippen LogP contribution >= 0.6 is 0 Å². The van der Waals surface area contributed by atoms with E-state index in [0.717, 1.165) is 48.6 Å². The Kier molecular flexibility index (Phi) is 15.3. The first-order valence-electron chi connectivity index (χ1n) is 18.7. The van der Waals surface area contributed by atoms with Crippen LogP contribution in [0.25, 0.3) is 66.2 Å². The number of hydrogen-bond donors (Lipinski definition) is 0. The van der Waals surface area contributed by atoms with Gasteiger partial charge in [0, 0.05) is 2.85 Å². The Morgan fingerprint density at radius 2 is 0.395 bits per heavy atom. The van der Waals surface area contributed by atoms with Crippen molar-refractivity contribution >= 4 is 66.2 Å². The molecule has 0 aliphatic heterocycles. The van der Waals surface area contributed by atoms with Gasteiger partial charge in [-0.1, -0.05) is 0 Å². The van der Waals surface area contributed by atoms with Crippen LogP contribution < -0.4 is 20.9 Å². The van der Waals surface area contributed by atoms with Gasteiger partial charge in [-0.05, 0) is 0 Å². The summed E-state index contributed by atoms with van der Waals surface area (Å²) < 4.78 is 140. The first-order valence-corrected chi connectivity index (χ1v) is 18.7. The molecule has 0 aliphatic carbocycles. The molecule has 0 bridgehead atoms. The fourth-order valence-electron chi connectivity index (χ4n) is 6.33. The Balaban J connectivity index is 0.000000310. The maximum absolute atomic E-state index is 14.4. The molecule has 7 rings (SSSR count). The van der Waals surface area contributed by atoms with Gasteiger partial charge in [-0.3, -0.25) is 0 Å². The predicted octanol–water partition coefficient (Wildman–Crippen LogP) is 3.95. The van der Waals surface area contributed by atoms with Crippen molar-refractivity contribution in [3.8, 4) is 85.0 Å². The number of halogens is 10. The highest BCUT2D eigenvalue weighted by Crippen LogP contribution is 2.31. The van der Waals surface area contributed by atoms with Crippen LogP contribution in [0.4, 0.5) is 43.9 Å². The number of aromatic nitrogens is 6. The monoisotopic (exact) mass is 1030 g/mol. The first kappa shape index (κ1) is 53.8. The molecule has 76 heavy (non-hydrogen) atoms. The number of benzene rings is 4. The zero-order valence-corrected chi connectivity index (χ0v) is 35.7. The third-order valence-electron chi connectivity index (χ3n) is 9.54. The highest BCUT2D eigenvalue weighted by Gasteiger charge is 2.29. The van der Waals surface area contributed by atoms with Crippen molar-refractivity contribution in [2.45, 2.75) is 0 Å². The largest absolute Gasteiger partial charge is 0.230 e. The minimum Gasteiger partial charge on any atom is -0.230 e. The molecule has 0 amide bonds. The predicted molar refractivity (Wildman–Crippen MR) is 225 cm³/mol. The molecule has 3 aromatic heterocycles. The van der Waals surface area contributed by atoms with Crippen LogP contribution in [0.3, 0.4) is 0 Å². The maximum Gasteiger partial charge on any atom is 0.177 e. The van der Waals surface area contributed by atoms with E-state index in [9.17, 15) is 75.5 Å². The molecule has 0 saturated carbocycles. The molecular formula is C46H4F10N20. The standard InChI is InChI=1S/C18N12.C16F6N4.C12F4N4.2H2/c19-1-7-8(2-20)26-14-13(25-7)15-17(29-10(4-22)9(3-21)27-15)18-16(14)28-11(5-23)12(6-24)30-18;17-11-7(5(1-23)2-24)13(19)15(21)10-9(11)16(22)14(20)8(12(10)18)6(3-25)4-26;13-9-7(5(1-17)2-18)10(14)12(16)8(11(9)15)6(3-19)4-20;;/h;;;2*1H/i;;;1+1;. The number of hydrogen-bond acceptors (Lipinski definition) is 20. The Labute approximate surface area is 414 Å². The number of nitrogens with zero attached hydrogens (tertiary/aromatic N) is 20. The van der Waals surface area contributed by atoms with E-state index >= 15 is 0 Å². The quantitative estimate of drug-likeness (QED) is 0.118. The minimum absolute atomic E-state index is 0. The smallest absolute Gasteiger partial charge is 0.177 e. The van der Waals surface area contributed by atoms with Crippen molar-refractivity contribution in [2.75, 3.05) is 0 Å². The molecule has 358 valence electrons. The zero-order valence-electron chi connectivity index (χ0n) is 35.7. The lowest BCUT2D eigenvalue weighted by Gasteiger charge is -2.09. The van der Waals surface area contributed by atoms with Crippen molar-refractivity contribution < 1.29 is 46.8 Å². The topological polar surface area (TPSA) is 410 Å². The summed E-state index contributed by atoms with van der Waals surface area (Å²) in [5.74, 6) is -21.1. The maximum atomic E-state index is 14.4. The van der Waals surface area contributed by atoms with Crippen molar-refractivity contribution in [2.24, 2.45) is 0 Å². The molecule has 0 saturated heterocycles. The van der Waals surface area contributed by atoms with Gasteiger partial charge in [-0.25, -0.2) is 73.8 Å². The highest BCUT2D eigenvalue weighted by molar-refractivity contribution is 6.18. The average molecular weight is 1030 g/mol. The molecule has 0 spiro atoms. The van der Waals surface area contributed by atoms with Crippen molar-refractivity contribution in [1.82, 2.24) is 29.9 Å². The lowest BCUT2D eigenvalue weighted by molar-refractivity contribution is 0.434. The van der Waals surface area contributed by atoms with Gasteiger partial charge in [0.15, 0.2) is 80.7 Å². The number of fused-ring (bicyclic) bond motifs is 7. The van der Waals surface area contributed by atoms with Gasteiger partial charge in [0.05, 0.1) is 31.6 Å². The molecule has 0 N–H and O–H groups in total. The average Bonchev–Trinajstić information content (AvgIpc) is 3.44. The van der Waals surface area contributed by atoms with Gasteiger partial charge in [0.1, 0.15) is 152 Å². The summed E-state index contributed by atoms with van der Waals surface area (Å²) in [5.41, 5.74) is -6.87. The van der Waals surface area contributed by atoms with E-state index in [2.05, 4.69) is 29.9 Å². The van der Waals surface area contributed by atoms with Crippen LogP contribution in [0.5, 0.6) is 0 Å². The van der Waals surface area contributed by atoms with E-state index < -0.39 is 112 Å². The second-order valence-corrected chi connectivity index (χ2v) is 13.3. The molecule has 7 aromatic rings. The molecule has 20 nitrogen and oxygen atoms in total. The molecular weight excluding hydrogens is 1020 g/mol. The summed E-state index contributed by atoms with van der Waals surface area (Å²) in [6.07, 6.45) is 0.